The van der Waals surface area contributed by atoms with Gasteiger partial charge in [-0.15, -0.1) is 0 Å². The van der Waals surface area contributed by atoms with Gasteiger partial charge in [0.15, 0.2) is 6.61 Å². The van der Waals surface area contributed by atoms with E-state index in [0.717, 1.165) is 4.90 Å². The van der Waals surface area contributed by atoms with Gasteiger partial charge in [0.1, 0.15) is 11.8 Å². The molecule has 3 rings (SSSR count). The average molecular weight is 445 g/mol. The highest BCUT2D eigenvalue weighted by Crippen LogP contribution is 2.29. The Hall–Kier alpha value is -3.39. The van der Waals surface area contributed by atoms with Crippen LogP contribution in [0.2, 0.25) is 5.02 Å². The van der Waals surface area contributed by atoms with Crippen molar-refractivity contribution in [2.24, 2.45) is 5.92 Å². The molecular weight excluding hydrogens is 424 g/mol. The van der Waals surface area contributed by atoms with Gasteiger partial charge >= 0.3 is 5.97 Å². The van der Waals surface area contributed by atoms with E-state index < -0.39 is 42.3 Å². The van der Waals surface area contributed by atoms with Crippen LogP contribution >= 0.6 is 11.6 Å². The second kappa shape index (κ2) is 9.18. The fourth-order valence-corrected chi connectivity index (χ4v) is 3.49. The van der Waals surface area contributed by atoms with Crippen LogP contribution in [0.4, 0.5) is 5.69 Å². The monoisotopic (exact) mass is 444 g/mol. The van der Waals surface area contributed by atoms with E-state index in [9.17, 15) is 19.2 Å². The van der Waals surface area contributed by atoms with Gasteiger partial charge in [0.2, 0.25) is 0 Å². The van der Waals surface area contributed by atoms with Crippen molar-refractivity contribution in [2.45, 2.75) is 19.9 Å². The van der Waals surface area contributed by atoms with Crippen LogP contribution in [-0.4, -0.2) is 48.3 Å². The lowest BCUT2D eigenvalue weighted by atomic mass is 10.0. The Morgan fingerprint density at radius 3 is 2.23 bits per heavy atom. The van der Waals surface area contributed by atoms with Crippen LogP contribution in [-0.2, 0) is 14.3 Å². The summed E-state index contributed by atoms with van der Waals surface area (Å²) in [5.74, 6) is -2.65. The molecule has 1 aliphatic heterocycles. The Balaban J connectivity index is 1.70. The molecule has 1 atom stereocenters. The van der Waals surface area contributed by atoms with Crippen molar-refractivity contribution in [3.63, 3.8) is 0 Å². The van der Waals surface area contributed by atoms with Crippen molar-refractivity contribution in [2.75, 3.05) is 19.0 Å². The normalized spacial score (nSPS) is 13.8. The molecule has 2 aromatic carbocycles. The predicted octanol–water partition coefficient (Wildman–Crippen LogP) is 3.15. The molecule has 8 nitrogen and oxygen atoms in total. The lowest BCUT2D eigenvalue weighted by molar-refractivity contribution is -0.152. The molecule has 1 aliphatic rings. The molecule has 0 fully saturated rings. The summed E-state index contributed by atoms with van der Waals surface area (Å²) < 4.78 is 10.3. The maximum atomic E-state index is 12.8. The second-order valence-electron chi connectivity index (χ2n) is 7.22. The Kier molecular flexibility index (Phi) is 6.60. The molecule has 2 aromatic rings. The number of nitrogens with one attached hydrogen (secondary N) is 1. The summed E-state index contributed by atoms with van der Waals surface area (Å²) in [7, 11) is 1.44. The minimum Gasteiger partial charge on any atom is -0.495 e. The summed E-state index contributed by atoms with van der Waals surface area (Å²) in [6, 6.07) is 9.87. The highest BCUT2D eigenvalue weighted by molar-refractivity contribution is 6.31. The predicted molar refractivity (Wildman–Crippen MR) is 113 cm³/mol. The zero-order valence-corrected chi connectivity index (χ0v) is 17.9. The van der Waals surface area contributed by atoms with Crippen LogP contribution in [0.1, 0.15) is 34.6 Å². The Morgan fingerprint density at radius 1 is 1.06 bits per heavy atom. The van der Waals surface area contributed by atoms with E-state index in [4.69, 9.17) is 21.1 Å². The fraction of sp³-hybridized carbons (Fsp3) is 0.273. The molecule has 0 spiro atoms. The van der Waals surface area contributed by atoms with Crippen LogP contribution in [0, 0.1) is 5.92 Å². The minimum absolute atomic E-state index is 0.233. The van der Waals surface area contributed by atoms with Gasteiger partial charge in [-0.25, -0.2) is 4.79 Å². The summed E-state index contributed by atoms with van der Waals surface area (Å²) in [4.78, 5) is 51.4. The molecule has 0 saturated carbocycles. The zero-order chi connectivity index (χ0) is 22.7. The molecule has 3 amide bonds. The number of esters is 1. The van der Waals surface area contributed by atoms with Crippen molar-refractivity contribution in [1.29, 1.82) is 0 Å². The van der Waals surface area contributed by atoms with Crippen molar-refractivity contribution in [1.82, 2.24) is 4.90 Å². The highest BCUT2D eigenvalue weighted by atomic mass is 35.5. The molecule has 31 heavy (non-hydrogen) atoms. The number of rotatable bonds is 7. The van der Waals surface area contributed by atoms with E-state index >= 15 is 0 Å². The standard InChI is InChI=1S/C22H21ClN2O6/c1-12(2)19(25-20(27)14-6-4-5-7-15(14)21(25)28)22(29)31-11-18(26)24-16-10-13(23)8-9-17(16)30-3/h4-10,12,19H,11H2,1-3H3,(H,24,26)/t19-/m1/s1. The van der Waals surface area contributed by atoms with E-state index in [1.807, 2.05) is 0 Å². The Bertz CT molecular complexity index is 1020. The van der Waals surface area contributed by atoms with Crippen molar-refractivity contribution in [3.8, 4) is 5.75 Å². The summed E-state index contributed by atoms with van der Waals surface area (Å²) in [6.07, 6.45) is 0. The summed E-state index contributed by atoms with van der Waals surface area (Å²) in [5, 5.41) is 2.94. The van der Waals surface area contributed by atoms with Gasteiger partial charge in [0.05, 0.1) is 23.9 Å². The largest absolute Gasteiger partial charge is 0.495 e. The highest BCUT2D eigenvalue weighted by Gasteiger charge is 2.44. The van der Waals surface area contributed by atoms with E-state index in [0.29, 0.717) is 16.5 Å². The molecule has 0 unspecified atom stereocenters. The number of halogens is 1. The number of nitrogens with zero attached hydrogens (tertiary/aromatic N) is 1. The van der Waals surface area contributed by atoms with Crippen molar-refractivity contribution < 1.29 is 28.7 Å². The molecule has 0 aliphatic carbocycles. The topological polar surface area (TPSA) is 102 Å². The van der Waals surface area contributed by atoms with Gasteiger partial charge in [0, 0.05) is 5.02 Å². The number of hydrogen-bond donors (Lipinski definition) is 1. The average Bonchev–Trinajstić information content (AvgIpc) is 2.98. The van der Waals surface area contributed by atoms with E-state index in [2.05, 4.69) is 5.32 Å². The van der Waals surface area contributed by atoms with Gasteiger partial charge in [-0.1, -0.05) is 37.6 Å². The van der Waals surface area contributed by atoms with Gasteiger partial charge < -0.3 is 14.8 Å². The Labute approximate surface area is 184 Å². The number of carbonyl (C=O) groups is 4. The maximum absolute atomic E-state index is 12.8. The molecular formula is C22H21ClN2O6. The summed E-state index contributed by atoms with van der Waals surface area (Å²) in [6.45, 7) is 2.76. The van der Waals surface area contributed by atoms with E-state index in [1.165, 1.54) is 25.3 Å². The van der Waals surface area contributed by atoms with Crippen LogP contribution in [0.15, 0.2) is 42.5 Å². The van der Waals surface area contributed by atoms with Gasteiger partial charge in [-0.3, -0.25) is 19.3 Å². The third kappa shape index (κ3) is 4.54. The van der Waals surface area contributed by atoms with Gasteiger partial charge in [0.25, 0.3) is 17.7 Å². The lowest BCUT2D eigenvalue weighted by Crippen LogP contribution is -2.49. The van der Waals surface area contributed by atoms with Crippen LogP contribution in [0.5, 0.6) is 5.75 Å². The fourth-order valence-electron chi connectivity index (χ4n) is 3.32. The first-order chi connectivity index (χ1) is 14.7. The number of carbonyl (C=O) groups excluding carboxylic acids is 4. The molecule has 0 bridgehead atoms. The zero-order valence-electron chi connectivity index (χ0n) is 17.2. The first-order valence-corrected chi connectivity index (χ1v) is 9.89. The first kappa shape index (κ1) is 22.3. The minimum atomic E-state index is -1.17. The van der Waals surface area contributed by atoms with E-state index in [1.54, 1.807) is 38.1 Å². The summed E-state index contributed by atoms with van der Waals surface area (Å²) >= 11 is 5.94. The number of fused-ring (bicyclic) bond motifs is 1. The lowest BCUT2D eigenvalue weighted by Gasteiger charge is -2.27. The number of methoxy groups -OCH3 is 1. The van der Waals surface area contributed by atoms with Crippen molar-refractivity contribution >= 4 is 41.0 Å². The van der Waals surface area contributed by atoms with Crippen LogP contribution in [0.25, 0.3) is 0 Å². The second-order valence-corrected chi connectivity index (χ2v) is 7.65. The molecule has 0 aromatic heterocycles. The third-order valence-corrected chi connectivity index (χ3v) is 4.99. The first-order valence-electron chi connectivity index (χ1n) is 9.51. The Morgan fingerprint density at radius 2 is 1.68 bits per heavy atom. The molecule has 0 radical (unpaired) electrons. The van der Waals surface area contributed by atoms with Crippen molar-refractivity contribution in [3.05, 3.63) is 58.6 Å². The van der Waals surface area contributed by atoms with Crippen LogP contribution in [0.3, 0.4) is 0 Å². The molecule has 1 N–H and O–H groups in total. The van der Waals surface area contributed by atoms with E-state index in [-0.39, 0.29) is 11.1 Å². The van der Waals surface area contributed by atoms with Gasteiger partial charge in [-0.2, -0.15) is 0 Å². The quantitative estimate of drug-likeness (QED) is 0.520. The number of benzene rings is 2. The van der Waals surface area contributed by atoms with Crippen LogP contribution < -0.4 is 10.1 Å². The summed E-state index contributed by atoms with van der Waals surface area (Å²) in [5.41, 5.74) is 0.783. The number of anilines is 1. The molecule has 0 saturated heterocycles. The molecule has 1 heterocycles. The number of amides is 3. The molecule has 162 valence electrons. The third-order valence-electron chi connectivity index (χ3n) is 4.76. The van der Waals surface area contributed by atoms with Gasteiger partial charge in [-0.05, 0) is 36.2 Å². The maximum Gasteiger partial charge on any atom is 0.330 e. The number of hydrogen-bond acceptors (Lipinski definition) is 6. The number of imide groups is 1. The SMILES string of the molecule is COc1ccc(Cl)cc1NC(=O)COC(=O)[C@@H](C(C)C)N1C(=O)c2ccccc2C1=O. The number of ether oxygens (including phenoxy) is 2. The molecule has 9 heteroatoms. The smallest absolute Gasteiger partial charge is 0.330 e.